The van der Waals surface area contributed by atoms with Gasteiger partial charge in [-0.3, -0.25) is 14.9 Å². The lowest BCUT2D eigenvalue weighted by Crippen LogP contribution is -2.14. The normalized spacial score (nSPS) is 11.3. The molecule has 1 aromatic carbocycles. The Hall–Kier alpha value is -4.93. The number of halogens is 1. The summed E-state index contributed by atoms with van der Waals surface area (Å²) in [4.78, 5) is 35.3. The molecule has 7 rings (SSSR count). The van der Waals surface area contributed by atoms with Crippen LogP contribution in [0.4, 0.5) is 5.69 Å². The molecule has 1 amide bonds. The first-order chi connectivity index (χ1) is 19.6. The molecule has 11 heteroatoms. The number of fused-ring (bicyclic) bond motifs is 2. The molecule has 6 heterocycles. The van der Waals surface area contributed by atoms with E-state index in [-0.39, 0.29) is 12.3 Å². The molecule has 194 valence electrons. The summed E-state index contributed by atoms with van der Waals surface area (Å²) in [6.45, 7) is 0. The van der Waals surface area contributed by atoms with Gasteiger partial charge < -0.3 is 10.3 Å². The zero-order valence-electron chi connectivity index (χ0n) is 20.7. The number of rotatable bonds is 6. The van der Waals surface area contributed by atoms with Crippen LogP contribution in [-0.2, 0) is 11.2 Å². The van der Waals surface area contributed by atoms with E-state index in [9.17, 15) is 4.79 Å². The van der Waals surface area contributed by atoms with E-state index < -0.39 is 0 Å². The van der Waals surface area contributed by atoms with E-state index in [2.05, 4.69) is 30.5 Å². The predicted octanol–water partition coefficient (Wildman–Crippen LogP) is 6.52. The number of carbonyl (C=O) groups is 1. The number of aromatic nitrogens is 7. The molecule has 0 aliphatic rings. The molecule has 7 aromatic rings. The zero-order valence-corrected chi connectivity index (χ0v) is 22.3. The van der Waals surface area contributed by atoms with Crippen molar-refractivity contribution in [1.29, 1.82) is 0 Å². The molecule has 0 spiro atoms. The van der Waals surface area contributed by atoms with Crippen molar-refractivity contribution in [3.63, 3.8) is 0 Å². The predicted molar refractivity (Wildman–Crippen MR) is 157 cm³/mol. The highest BCUT2D eigenvalue weighted by molar-refractivity contribution is 7.19. The number of anilines is 1. The number of hydrogen-bond acceptors (Lipinski definition) is 7. The van der Waals surface area contributed by atoms with E-state index in [0.29, 0.717) is 38.4 Å². The van der Waals surface area contributed by atoms with Crippen molar-refractivity contribution >= 4 is 56.7 Å². The van der Waals surface area contributed by atoms with Crippen LogP contribution < -0.4 is 5.32 Å². The Kier molecular flexibility index (Phi) is 6.03. The maximum atomic E-state index is 12.6. The van der Waals surface area contributed by atoms with Crippen molar-refractivity contribution in [2.75, 3.05) is 5.32 Å². The summed E-state index contributed by atoms with van der Waals surface area (Å²) in [7, 11) is 0. The molecule has 6 aromatic heterocycles. The Morgan fingerprint density at radius 3 is 2.75 bits per heavy atom. The van der Waals surface area contributed by atoms with Crippen molar-refractivity contribution in [3.8, 4) is 33.2 Å². The van der Waals surface area contributed by atoms with Gasteiger partial charge in [-0.05, 0) is 42.0 Å². The number of carbonyl (C=O) groups excluding carboxylic acids is 1. The standard InChI is InChI=1S/C29H19ClN8OS/c30-23-9-8-22(40-23)19-10-11-32-28-25(19)35-29(36-28)27-26-21(37-38-27)7-6-20(34-26)17-13-18(15-31-14-17)33-24(39)12-16-4-2-1-3-5-16/h1-11,13-15H,12H2,(H,33,39)(H,37,38)(H,32,35,36). The molecule has 0 saturated carbocycles. The fourth-order valence-electron chi connectivity index (χ4n) is 4.55. The molecule has 0 atom stereocenters. The summed E-state index contributed by atoms with van der Waals surface area (Å²) in [5.74, 6) is 0.432. The molecule has 9 nitrogen and oxygen atoms in total. The van der Waals surface area contributed by atoms with Crippen molar-refractivity contribution in [3.05, 3.63) is 95.2 Å². The van der Waals surface area contributed by atoms with E-state index in [0.717, 1.165) is 32.6 Å². The SMILES string of the molecule is O=C(Cc1ccccc1)Nc1cncc(-c2ccc3[nH]nc(-c4nc5nccc(-c6ccc(Cl)s6)c5[nH]4)c3n2)c1. The van der Waals surface area contributed by atoms with E-state index in [1.165, 1.54) is 11.3 Å². The van der Waals surface area contributed by atoms with Crippen LogP contribution in [0, 0.1) is 0 Å². The molecule has 40 heavy (non-hydrogen) atoms. The zero-order chi connectivity index (χ0) is 27.1. The minimum absolute atomic E-state index is 0.117. The Morgan fingerprint density at radius 2 is 1.90 bits per heavy atom. The van der Waals surface area contributed by atoms with Crippen LogP contribution in [0.5, 0.6) is 0 Å². The van der Waals surface area contributed by atoms with Gasteiger partial charge in [-0.2, -0.15) is 5.10 Å². The number of nitrogens with zero attached hydrogens (tertiary/aromatic N) is 5. The van der Waals surface area contributed by atoms with Crippen LogP contribution in [0.2, 0.25) is 4.34 Å². The van der Waals surface area contributed by atoms with Crippen molar-refractivity contribution in [2.45, 2.75) is 6.42 Å². The minimum Gasteiger partial charge on any atom is -0.335 e. The van der Waals surface area contributed by atoms with Crippen LogP contribution in [0.15, 0.2) is 85.3 Å². The molecule has 3 N–H and O–H groups in total. The highest BCUT2D eigenvalue weighted by Gasteiger charge is 2.18. The minimum atomic E-state index is -0.117. The van der Waals surface area contributed by atoms with Gasteiger partial charge in [0, 0.05) is 28.4 Å². The van der Waals surface area contributed by atoms with Crippen molar-refractivity contribution in [2.24, 2.45) is 0 Å². The van der Waals surface area contributed by atoms with E-state index in [1.807, 2.05) is 66.7 Å². The monoisotopic (exact) mass is 562 g/mol. The first-order valence-corrected chi connectivity index (χ1v) is 13.6. The third-order valence-electron chi connectivity index (χ3n) is 6.39. The summed E-state index contributed by atoms with van der Waals surface area (Å²) >= 11 is 7.67. The van der Waals surface area contributed by atoms with Gasteiger partial charge in [0.1, 0.15) is 5.52 Å². The molecule has 0 aliphatic carbocycles. The lowest BCUT2D eigenvalue weighted by molar-refractivity contribution is -0.115. The largest absolute Gasteiger partial charge is 0.335 e. The number of nitrogens with one attached hydrogen (secondary N) is 3. The second-order valence-corrected chi connectivity index (χ2v) is 10.8. The second-order valence-electron chi connectivity index (χ2n) is 9.08. The van der Waals surface area contributed by atoms with Crippen LogP contribution in [0.25, 0.3) is 55.4 Å². The maximum Gasteiger partial charge on any atom is 0.228 e. The van der Waals surface area contributed by atoms with Gasteiger partial charge >= 0.3 is 0 Å². The third kappa shape index (κ3) is 4.59. The van der Waals surface area contributed by atoms with Crippen LogP contribution in [-0.4, -0.2) is 41.0 Å². The molecular formula is C29H19ClN8OS. The molecular weight excluding hydrogens is 544 g/mol. The Labute approximate surface area is 236 Å². The second kappa shape index (κ2) is 9.99. The lowest BCUT2D eigenvalue weighted by atomic mass is 10.1. The molecule has 0 unspecified atom stereocenters. The number of hydrogen-bond donors (Lipinski definition) is 3. The number of benzene rings is 1. The fourth-order valence-corrected chi connectivity index (χ4v) is 5.62. The number of H-pyrrole nitrogens is 2. The van der Waals surface area contributed by atoms with Gasteiger partial charge in [0.15, 0.2) is 17.2 Å². The maximum absolute atomic E-state index is 12.6. The number of thiophene rings is 1. The first kappa shape index (κ1) is 24.1. The number of aromatic amines is 2. The van der Waals surface area contributed by atoms with E-state index in [4.69, 9.17) is 21.6 Å². The number of amides is 1. The quantitative estimate of drug-likeness (QED) is 0.212. The number of imidazole rings is 1. The van der Waals surface area contributed by atoms with Crippen LogP contribution >= 0.6 is 22.9 Å². The van der Waals surface area contributed by atoms with Gasteiger partial charge in [-0.1, -0.05) is 41.9 Å². The summed E-state index contributed by atoms with van der Waals surface area (Å²) in [5.41, 5.74) is 7.30. The van der Waals surface area contributed by atoms with Crippen molar-refractivity contribution < 1.29 is 4.79 Å². The van der Waals surface area contributed by atoms with Crippen LogP contribution in [0.1, 0.15) is 5.56 Å². The van der Waals surface area contributed by atoms with Gasteiger partial charge in [-0.25, -0.2) is 15.0 Å². The summed E-state index contributed by atoms with van der Waals surface area (Å²) < 4.78 is 0.712. The summed E-state index contributed by atoms with van der Waals surface area (Å²) in [6, 6.07) is 21.0. The number of pyridine rings is 3. The average Bonchev–Trinajstić information content (AvgIpc) is 3.71. The molecule has 0 aliphatic heterocycles. The average molecular weight is 563 g/mol. The molecule has 0 bridgehead atoms. The lowest BCUT2D eigenvalue weighted by Gasteiger charge is -2.07. The highest BCUT2D eigenvalue weighted by Crippen LogP contribution is 2.35. The van der Waals surface area contributed by atoms with Gasteiger partial charge in [0.2, 0.25) is 5.91 Å². The van der Waals surface area contributed by atoms with E-state index >= 15 is 0 Å². The molecule has 0 fully saturated rings. The summed E-state index contributed by atoms with van der Waals surface area (Å²) in [6.07, 6.45) is 5.34. The Balaban J connectivity index is 1.21. The molecule has 0 radical (unpaired) electrons. The topological polar surface area (TPSA) is 125 Å². The fraction of sp³-hybridized carbons (Fsp3) is 0.0345. The van der Waals surface area contributed by atoms with E-state index in [1.54, 1.807) is 18.6 Å². The summed E-state index contributed by atoms with van der Waals surface area (Å²) in [5, 5.41) is 10.5. The smallest absolute Gasteiger partial charge is 0.228 e. The van der Waals surface area contributed by atoms with Gasteiger partial charge in [0.25, 0.3) is 0 Å². The Bertz CT molecular complexity index is 2010. The van der Waals surface area contributed by atoms with Gasteiger partial charge in [0.05, 0.1) is 39.4 Å². The Morgan fingerprint density at radius 1 is 1.00 bits per heavy atom. The highest BCUT2D eigenvalue weighted by atomic mass is 35.5. The van der Waals surface area contributed by atoms with Crippen LogP contribution in [0.3, 0.4) is 0 Å². The first-order valence-electron chi connectivity index (χ1n) is 12.4. The van der Waals surface area contributed by atoms with Gasteiger partial charge in [-0.15, -0.1) is 11.3 Å². The molecule has 0 saturated heterocycles. The third-order valence-corrected chi connectivity index (χ3v) is 7.65. The van der Waals surface area contributed by atoms with Crippen molar-refractivity contribution in [1.82, 2.24) is 35.1 Å².